The average Bonchev–Trinajstić information content (AvgIpc) is 2.58. The van der Waals surface area contributed by atoms with Crippen molar-refractivity contribution in [2.45, 2.75) is 29.2 Å². The van der Waals surface area contributed by atoms with E-state index in [1.54, 1.807) is 0 Å². The molecule has 0 aromatic carbocycles. The molecule has 1 aromatic rings. The van der Waals surface area contributed by atoms with Crippen molar-refractivity contribution >= 4 is 38.6 Å². The lowest BCUT2D eigenvalue weighted by Crippen LogP contribution is -2.46. The predicted molar refractivity (Wildman–Crippen MR) is 65.3 cm³/mol. The fourth-order valence-corrected chi connectivity index (χ4v) is 4.50. The molecular weight excluding hydrogens is 304 g/mol. The van der Waals surface area contributed by atoms with Crippen LogP contribution >= 0.6 is 22.9 Å². The third kappa shape index (κ3) is 2.64. The summed E-state index contributed by atoms with van der Waals surface area (Å²) in [5.74, 6) is 0. The molecular formula is C8H9ClN2O5S2. The van der Waals surface area contributed by atoms with E-state index < -0.39 is 26.7 Å². The Labute approximate surface area is 112 Å². The fraction of sp³-hybridized carbons (Fsp3) is 0.500. The lowest BCUT2D eigenvalue weighted by Gasteiger charge is -2.31. The van der Waals surface area contributed by atoms with Crippen LogP contribution in [0.15, 0.2) is 10.3 Å². The molecule has 0 amide bonds. The third-order valence-corrected chi connectivity index (χ3v) is 5.87. The lowest BCUT2D eigenvalue weighted by molar-refractivity contribution is -0.384. The van der Waals surface area contributed by atoms with Gasteiger partial charge in [-0.1, -0.05) is 11.6 Å². The minimum Gasteiger partial charge on any atom is -0.393 e. The van der Waals surface area contributed by atoms with E-state index in [1.165, 1.54) is 0 Å². The fourth-order valence-electron chi connectivity index (χ4n) is 1.56. The highest BCUT2D eigenvalue weighted by Gasteiger charge is 2.33. The summed E-state index contributed by atoms with van der Waals surface area (Å²) in [6.45, 7) is 0. The molecule has 1 fully saturated rings. The van der Waals surface area contributed by atoms with E-state index in [0.29, 0.717) is 24.2 Å². The van der Waals surface area contributed by atoms with Gasteiger partial charge in [-0.15, -0.1) is 11.3 Å². The average molecular weight is 313 g/mol. The van der Waals surface area contributed by atoms with Crippen LogP contribution in [0.3, 0.4) is 0 Å². The standard InChI is InChI=1S/C8H9ClN2O5S2/c9-8-6(11(13)14)3-7(17-8)18(15,16)10-4-1-5(12)2-4/h3-5,10,12H,1-2H2. The van der Waals surface area contributed by atoms with Crippen LogP contribution in [0.1, 0.15) is 12.8 Å². The van der Waals surface area contributed by atoms with Gasteiger partial charge in [-0.05, 0) is 12.8 Å². The molecule has 2 rings (SSSR count). The van der Waals surface area contributed by atoms with Gasteiger partial charge in [-0.25, -0.2) is 13.1 Å². The van der Waals surface area contributed by atoms with E-state index >= 15 is 0 Å². The van der Waals surface area contributed by atoms with Gasteiger partial charge in [0, 0.05) is 12.1 Å². The number of aliphatic hydroxyl groups excluding tert-OH is 1. The van der Waals surface area contributed by atoms with Gasteiger partial charge in [-0.2, -0.15) is 0 Å². The van der Waals surface area contributed by atoms with Crippen molar-refractivity contribution in [1.82, 2.24) is 4.72 Å². The summed E-state index contributed by atoms with van der Waals surface area (Å²) in [6, 6.07) is 0.606. The van der Waals surface area contributed by atoms with Gasteiger partial charge in [0.2, 0.25) is 0 Å². The van der Waals surface area contributed by atoms with Crippen molar-refractivity contribution in [2.75, 3.05) is 0 Å². The summed E-state index contributed by atoms with van der Waals surface area (Å²) in [5, 5.41) is 19.6. The first-order valence-electron chi connectivity index (χ1n) is 4.93. The van der Waals surface area contributed by atoms with Crippen molar-refractivity contribution in [2.24, 2.45) is 0 Å². The van der Waals surface area contributed by atoms with E-state index in [9.17, 15) is 18.5 Å². The lowest BCUT2D eigenvalue weighted by atomic mass is 9.91. The Morgan fingerprint density at radius 2 is 2.17 bits per heavy atom. The maximum atomic E-state index is 11.9. The number of sulfonamides is 1. The number of hydrogen-bond acceptors (Lipinski definition) is 6. The molecule has 1 aromatic heterocycles. The zero-order valence-electron chi connectivity index (χ0n) is 8.87. The number of aliphatic hydroxyl groups is 1. The molecule has 0 radical (unpaired) electrons. The molecule has 0 aliphatic heterocycles. The van der Waals surface area contributed by atoms with Gasteiger partial charge < -0.3 is 5.11 Å². The molecule has 0 bridgehead atoms. The second-order valence-electron chi connectivity index (χ2n) is 3.92. The molecule has 0 saturated heterocycles. The van der Waals surface area contributed by atoms with Gasteiger partial charge in [0.05, 0.1) is 11.0 Å². The quantitative estimate of drug-likeness (QED) is 0.639. The number of hydrogen-bond donors (Lipinski definition) is 2. The maximum Gasteiger partial charge on any atom is 0.300 e. The summed E-state index contributed by atoms with van der Waals surface area (Å²) >= 11 is 6.24. The third-order valence-electron chi connectivity index (χ3n) is 2.54. The Morgan fingerprint density at radius 3 is 2.61 bits per heavy atom. The van der Waals surface area contributed by atoms with Crippen molar-refractivity contribution in [3.8, 4) is 0 Å². The first-order chi connectivity index (χ1) is 8.29. The normalized spacial score (nSPS) is 23.7. The topological polar surface area (TPSA) is 110 Å². The Bertz CT molecular complexity index is 578. The highest BCUT2D eigenvalue weighted by Crippen LogP contribution is 2.36. The Kier molecular flexibility index (Phi) is 3.60. The van der Waals surface area contributed by atoms with E-state index in [1.807, 2.05) is 0 Å². The Morgan fingerprint density at radius 1 is 1.56 bits per heavy atom. The van der Waals surface area contributed by atoms with Crippen LogP contribution < -0.4 is 4.72 Å². The molecule has 1 saturated carbocycles. The zero-order chi connectivity index (χ0) is 13.5. The number of rotatable bonds is 4. The predicted octanol–water partition coefficient (Wildman–Crippen LogP) is 1.11. The second-order valence-corrected chi connectivity index (χ2v) is 7.52. The molecule has 2 N–H and O–H groups in total. The first kappa shape index (κ1) is 13.7. The van der Waals surface area contributed by atoms with Crippen molar-refractivity contribution in [3.05, 3.63) is 20.5 Å². The van der Waals surface area contributed by atoms with Gasteiger partial charge in [0.15, 0.2) is 4.34 Å². The number of nitro groups is 1. The van der Waals surface area contributed by atoms with Crippen molar-refractivity contribution in [1.29, 1.82) is 0 Å². The van der Waals surface area contributed by atoms with E-state index in [0.717, 1.165) is 6.07 Å². The summed E-state index contributed by atoms with van der Waals surface area (Å²) < 4.78 is 25.7. The van der Waals surface area contributed by atoms with Gasteiger partial charge in [-0.3, -0.25) is 10.1 Å². The molecule has 0 atom stereocenters. The van der Waals surface area contributed by atoms with Crippen molar-refractivity contribution < 1.29 is 18.4 Å². The number of nitrogens with zero attached hydrogens (tertiary/aromatic N) is 1. The SMILES string of the molecule is O=[N+]([O-])c1cc(S(=O)(=O)NC2CC(O)C2)sc1Cl. The van der Waals surface area contributed by atoms with Crippen LogP contribution in [0.25, 0.3) is 0 Å². The van der Waals surface area contributed by atoms with Crippen LogP contribution in [0.2, 0.25) is 4.34 Å². The first-order valence-corrected chi connectivity index (χ1v) is 7.61. The molecule has 10 heteroatoms. The molecule has 1 heterocycles. The van der Waals surface area contributed by atoms with Crippen LogP contribution in [0.4, 0.5) is 5.69 Å². The van der Waals surface area contributed by atoms with Crippen LogP contribution in [0.5, 0.6) is 0 Å². The van der Waals surface area contributed by atoms with E-state index in [-0.39, 0.29) is 14.6 Å². The summed E-state index contributed by atoms with van der Waals surface area (Å²) in [7, 11) is -3.81. The number of halogens is 1. The molecule has 1 aliphatic rings. The number of nitrogens with one attached hydrogen (secondary N) is 1. The molecule has 18 heavy (non-hydrogen) atoms. The minimum atomic E-state index is -3.81. The summed E-state index contributed by atoms with van der Waals surface area (Å²) in [6.07, 6.45) is 0.208. The molecule has 7 nitrogen and oxygen atoms in total. The van der Waals surface area contributed by atoms with Crippen LogP contribution in [0, 0.1) is 10.1 Å². The monoisotopic (exact) mass is 312 g/mol. The highest BCUT2D eigenvalue weighted by molar-refractivity contribution is 7.91. The second kappa shape index (κ2) is 4.74. The molecule has 0 unspecified atom stereocenters. The van der Waals surface area contributed by atoms with Gasteiger partial charge in [0.1, 0.15) is 4.21 Å². The van der Waals surface area contributed by atoms with Gasteiger partial charge in [0.25, 0.3) is 15.7 Å². The largest absolute Gasteiger partial charge is 0.393 e. The Balaban J connectivity index is 2.19. The minimum absolute atomic E-state index is 0.172. The molecule has 100 valence electrons. The maximum absolute atomic E-state index is 11.9. The summed E-state index contributed by atoms with van der Waals surface area (Å²) in [5.41, 5.74) is -0.421. The smallest absolute Gasteiger partial charge is 0.300 e. The molecule has 0 spiro atoms. The van der Waals surface area contributed by atoms with Crippen LogP contribution in [-0.2, 0) is 10.0 Å². The van der Waals surface area contributed by atoms with Gasteiger partial charge >= 0.3 is 0 Å². The highest BCUT2D eigenvalue weighted by atomic mass is 35.5. The number of thiophene rings is 1. The van der Waals surface area contributed by atoms with E-state index in [4.69, 9.17) is 16.7 Å². The molecule has 1 aliphatic carbocycles. The summed E-state index contributed by atoms with van der Waals surface area (Å²) in [4.78, 5) is 9.84. The Hall–Kier alpha value is -0.740. The van der Waals surface area contributed by atoms with E-state index in [2.05, 4.69) is 4.72 Å². The van der Waals surface area contributed by atoms with Crippen LogP contribution in [-0.4, -0.2) is 30.6 Å². The van der Waals surface area contributed by atoms with Crippen molar-refractivity contribution in [3.63, 3.8) is 0 Å². The zero-order valence-corrected chi connectivity index (χ0v) is 11.3.